The molecule has 1 atom stereocenters. The maximum atomic E-state index is 9.08. The van der Waals surface area contributed by atoms with Crippen molar-refractivity contribution in [2.75, 3.05) is 18.0 Å². The second-order valence-corrected chi connectivity index (χ2v) is 4.91. The van der Waals surface area contributed by atoms with E-state index in [9.17, 15) is 0 Å². The van der Waals surface area contributed by atoms with Crippen molar-refractivity contribution in [1.29, 1.82) is 5.26 Å². The first-order valence-electron chi connectivity index (χ1n) is 6.81. The van der Waals surface area contributed by atoms with Gasteiger partial charge in [0.1, 0.15) is 6.07 Å². The summed E-state index contributed by atoms with van der Waals surface area (Å²) in [6.45, 7) is 4.24. The Morgan fingerprint density at radius 1 is 1.33 bits per heavy atom. The SMILES string of the molecule is CCCC1CCCN(c2nccnc2C#N)CC1. The van der Waals surface area contributed by atoms with E-state index in [1.807, 2.05) is 0 Å². The summed E-state index contributed by atoms with van der Waals surface area (Å²) in [7, 11) is 0. The van der Waals surface area contributed by atoms with E-state index in [-0.39, 0.29) is 0 Å². The summed E-state index contributed by atoms with van der Waals surface area (Å²) in [6, 6.07) is 2.13. The Morgan fingerprint density at radius 3 is 2.94 bits per heavy atom. The molecule has 0 aromatic carbocycles. The third-order valence-corrected chi connectivity index (χ3v) is 3.63. The molecule has 1 aromatic rings. The van der Waals surface area contributed by atoms with E-state index < -0.39 is 0 Å². The van der Waals surface area contributed by atoms with Crippen LogP contribution in [0.4, 0.5) is 5.82 Å². The summed E-state index contributed by atoms with van der Waals surface area (Å²) in [5, 5.41) is 9.08. The highest BCUT2D eigenvalue weighted by Crippen LogP contribution is 2.25. The van der Waals surface area contributed by atoms with Gasteiger partial charge < -0.3 is 4.90 Å². The standard InChI is InChI=1S/C14H20N4/c1-2-4-12-5-3-9-18(10-6-12)14-13(11-15)16-7-8-17-14/h7-8,12H,2-6,9-10H2,1H3. The van der Waals surface area contributed by atoms with Crippen LogP contribution >= 0.6 is 0 Å². The Bertz CT molecular complexity index is 424. The topological polar surface area (TPSA) is 52.8 Å². The van der Waals surface area contributed by atoms with E-state index in [0.29, 0.717) is 5.69 Å². The summed E-state index contributed by atoms with van der Waals surface area (Å²) in [4.78, 5) is 10.6. The van der Waals surface area contributed by atoms with Crippen molar-refractivity contribution >= 4 is 5.82 Å². The minimum Gasteiger partial charge on any atom is -0.354 e. The molecule has 0 spiro atoms. The lowest BCUT2D eigenvalue weighted by molar-refractivity contribution is 0.435. The molecule has 4 nitrogen and oxygen atoms in total. The highest BCUT2D eigenvalue weighted by atomic mass is 15.2. The Kier molecular flexibility index (Phi) is 4.52. The van der Waals surface area contributed by atoms with Crippen molar-refractivity contribution in [3.8, 4) is 6.07 Å². The van der Waals surface area contributed by atoms with Gasteiger partial charge in [0, 0.05) is 25.5 Å². The van der Waals surface area contributed by atoms with Crippen LogP contribution in [0.15, 0.2) is 12.4 Å². The molecule has 0 saturated carbocycles. The van der Waals surface area contributed by atoms with Gasteiger partial charge in [0.2, 0.25) is 0 Å². The van der Waals surface area contributed by atoms with Gasteiger partial charge in [-0.3, -0.25) is 0 Å². The molecule has 1 fully saturated rings. The van der Waals surface area contributed by atoms with Crippen molar-refractivity contribution in [2.45, 2.75) is 39.0 Å². The minimum absolute atomic E-state index is 0.450. The lowest BCUT2D eigenvalue weighted by atomic mass is 9.96. The molecule has 1 saturated heterocycles. The van der Waals surface area contributed by atoms with Crippen LogP contribution in [-0.4, -0.2) is 23.1 Å². The van der Waals surface area contributed by atoms with Crippen molar-refractivity contribution < 1.29 is 0 Å². The normalized spacial score (nSPS) is 20.2. The molecule has 2 rings (SSSR count). The molecule has 18 heavy (non-hydrogen) atoms. The number of rotatable bonds is 3. The lowest BCUT2D eigenvalue weighted by Gasteiger charge is -2.21. The van der Waals surface area contributed by atoms with Crippen LogP contribution in [0.2, 0.25) is 0 Å². The van der Waals surface area contributed by atoms with Crippen molar-refractivity contribution in [2.24, 2.45) is 5.92 Å². The molecular formula is C14H20N4. The molecule has 2 heterocycles. The highest BCUT2D eigenvalue weighted by Gasteiger charge is 2.19. The lowest BCUT2D eigenvalue weighted by Crippen LogP contribution is -2.26. The quantitative estimate of drug-likeness (QED) is 0.820. The number of hydrogen-bond donors (Lipinski definition) is 0. The molecule has 4 heteroatoms. The number of anilines is 1. The minimum atomic E-state index is 0.450. The van der Waals surface area contributed by atoms with Crippen LogP contribution in [0, 0.1) is 17.2 Å². The summed E-state index contributed by atoms with van der Waals surface area (Å²) >= 11 is 0. The maximum absolute atomic E-state index is 9.08. The van der Waals surface area contributed by atoms with Gasteiger partial charge in [-0.2, -0.15) is 5.26 Å². The molecular weight excluding hydrogens is 224 g/mol. The highest BCUT2D eigenvalue weighted by molar-refractivity contribution is 5.49. The van der Waals surface area contributed by atoms with Gasteiger partial charge in [0.25, 0.3) is 0 Å². The van der Waals surface area contributed by atoms with Gasteiger partial charge in [-0.1, -0.05) is 19.8 Å². The molecule has 0 radical (unpaired) electrons. The van der Waals surface area contributed by atoms with Crippen LogP contribution in [0.5, 0.6) is 0 Å². The van der Waals surface area contributed by atoms with Crippen molar-refractivity contribution in [3.05, 3.63) is 18.1 Å². The Hall–Kier alpha value is -1.63. The first-order chi connectivity index (χ1) is 8.85. The fourth-order valence-corrected chi connectivity index (χ4v) is 2.72. The van der Waals surface area contributed by atoms with Crippen molar-refractivity contribution in [1.82, 2.24) is 9.97 Å². The summed E-state index contributed by atoms with van der Waals surface area (Å²) in [5.74, 6) is 1.60. The Morgan fingerprint density at radius 2 is 2.17 bits per heavy atom. The van der Waals surface area contributed by atoms with Gasteiger partial charge in [0.15, 0.2) is 11.5 Å². The average Bonchev–Trinajstić information content (AvgIpc) is 2.65. The van der Waals surface area contributed by atoms with Crippen LogP contribution in [-0.2, 0) is 0 Å². The zero-order chi connectivity index (χ0) is 12.8. The monoisotopic (exact) mass is 244 g/mol. The third-order valence-electron chi connectivity index (χ3n) is 3.63. The van der Waals surface area contributed by atoms with Crippen LogP contribution < -0.4 is 4.90 Å². The zero-order valence-corrected chi connectivity index (χ0v) is 11.0. The van der Waals surface area contributed by atoms with Gasteiger partial charge in [0.05, 0.1) is 0 Å². The predicted octanol–water partition coefficient (Wildman–Crippen LogP) is 2.75. The van der Waals surface area contributed by atoms with Gasteiger partial charge >= 0.3 is 0 Å². The number of aromatic nitrogens is 2. The fourth-order valence-electron chi connectivity index (χ4n) is 2.72. The molecule has 0 bridgehead atoms. The molecule has 96 valence electrons. The Balaban J connectivity index is 2.08. The van der Waals surface area contributed by atoms with E-state index in [1.165, 1.54) is 32.1 Å². The van der Waals surface area contributed by atoms with E-state index in [4.69, 9.17) is 5.26 Å². The second kappa shape index (κ2) is 6.34. The van der Waals surface area contributed by atoms with E-state index in [1.54, 1.807) is 12.4 Å². The molecule has 1 aliphatic heterocycles. The largest absolute Gasteiger partial charge is 0.354 e. The molecule has 1 aromatic heterocycles. The first kappa shape index (κ1) is 12.8. The summed E-state index contributed by atoms with van der Waals surface area (Å²) < 4.78 is 0. The van der Waals surface area contributed by atoms with Gasteiger partial charge in [-0.15, -0.1) is 0 Å². The molecule has 0 amide bonds. The second-order valence-electron chi connectivity index (χ2n) is 4.91. The van der Waals surface area contributed by atoms with E-state index >= 15 is 0 Å². The van der Waals surface area contributed by atoms with Gasteiger partial charge in [-0.05, 0) is 25.2 Å². The number of nitriles is 1. The van der Waals surface area contributed by atoms with E-state index in [2.05, 4.69) is 27.9 Å². The first-order valence-corrected chi connectivity index (χ1v) is 6.81. The Labute approximate surface area is 109 Å². The molecule has 0 aliphatic carbocycles. The van der Waals surface area contributed by atoms with Crippen molar-refractivity contribution in [3.63, 3.8) is 0 Å². The maximum Gasteiger partial charge on any atom is 0.183 e. The average molecular weight is 244 g/mol. The zero-order valence-electron chi connectivity index (χ0n) is 11.0. The third kappa shape index (κ3) is 2.98. The van der Waals surface area contributed by atoms with Crippen LogP contribution in [0.3, 0.4) is 0 Å². The predicted molar refractivity (Wildman–Crippen MR) is 71.2 cm³/mol. The fraction of sp³-hybridized carbons (Fsp3) is 0.643. The molecule has 1 unspecified atom stereocenters. The number of nitrogens with zero attached hydrogens (tertiary/aromatic N) is 4. The van der Waals surface area contributed by atoms with E-state index in [0.717, 1.165) is 24.8 Å². The van der Waals surface area contributed by atoms with Gasteiger partial charge in [-0.25, -0.2) is 9.97 Å². The summed E-state index contributed by atoms with van der Waals surface area (Å²) in [6.07, 6.45) is 9.52. The smallest absolute Gasteiger partial charge is 0.183 e. The number of hydrogen-bond acceptors (Lipinski definition) is 4. The summed E-state index contributed by atoms with van der Waals surface area (Å²) in [5.41, 5.74) is 0.450. The molecule has 1 aliphatic rings. The van der Waals surface area contributed by atoms with Crippen LogP contribution in [0.1, 0.15) is 44.7 Å². The van der Waals surface area contributed by atoms with Crippen LogP contribution in [0.25, 0.3) is 0 Å². The molecule has 0 N–H and O–H groups in total.